The van der Waals surface area contributed by atoms with E-state index in [9.17, 15) is 0 Å². The molecule has 0 unspecified atom stereocenters. The zero-order valence-corrected chi connectivity index (χ0v) is 14.1. The van der Waals surface area contributed by atoms with E-state index >= 15 is 0 Å². The molecule has 0 aliphatic rings. The van der Waals surface area contributed by atoms with Crippen molar-refractivity contribution in [2.24, 2.45) is 7.05 Å². The molecule has 0 atom stereocenters. The number of alkyl halides is 1. The third-order valence-corrected chi connectivity index (χ3v) is 4.40. The monoisotopic (exact) mass is 355 g/mol. The summed E-state index contributed by atoms with van der Waals surface area (Å²) in [6, 6.07) is 8.40. The van der Waals surface area contributed by atoms with Crippen molar-refractivity contribution >= 4 is 33.2 Å². The molecule has 1 aromatic carbocycles. The summed E-state index contributed by atoms with van der Waals surface area (Å²) in [6.07, 6.45) is 1.84. The third-order valence-electron chi connectivity index (χ3n) is 3.30. The number of nitrogens with one attached hydrogen (secondary N) is 1. The summed E-state index contributed by atoms with van der Waals surface area (Å²) in [7, 11) is 1.98. The van der Waals surface area contributed by atoms with E-state index in [2.05, 4.69) is 57.5 Å². The molecule has 108 valence electrons. The Morgan fingerprint density at radius 1 is 1.30 bits per heavy atom. The Kier molecular flexibility index (Phi) is 5.49. The normalized spacial score (nSPS) is 10.8. The van der Waals surface area contributed by atoms with E-state index in [1.165, 1.54) is 5.56 Å². The second-order valence-electron chi connectivity index (χ2n) is 4.67. The van der Waals surface area contributed by atoms with E-state index in [0.717, 1.165) is 40.9 Å². The van der Waals surface area contributed by atoms with Crippen molar-refractivity contribution < 1.29 is 0 Å². The molecule has 2 rings (SSSR count). The van der Waals surface area contributed by atoms with Crippen molar-refractivity contribution in [3.05, 3.63) is 45.7 Å². The number of anilines is 1. The Balaban J connectivity index is 2.03. The van der Waals surface area contributed by atoms with Crippen LogP contribution in [0.1, 0.15) is 23.9 Å². The molecule has 5 heteroatoms. The Morgan fingerprint density at radius 3 is 2.55 bits per heavy atom. The Morgan fingerprint density at radius 2 is 2.00 bits per heavy atom. The molecule has 3 nitrogen and oxygen atoms in total. The molecule has 1 heterocycles. The first kappa shape index (κ1) is 15.4. The van der Waals surface area contributed by atoms with Gasteiger partial charge in [-0.05, 0) is 46.5 Å². The molecule has 0 radical (unpaired) electrons. The highest BCUT2D eigenvalue weighted by Gasteiger charge is 2.11. The summed E-state index contributed by atoms with van der Waals surface area (Å²) in [4.78, 5) is 0. The standard InChI is InChI=1S/C15H19BrClN3/c1-3-13-15(16)14(20(2)19-13)10-18-12-6-4-11(5-7-12)8-9-17/h4-7,18H,3,8-10H2,1-2H3. The molecule has 0 saturated heterocycles. The minimum absolute atomic E-state index is 0.661. The van der Waals surface area contributed by atoms with E-state index in [4.69, 9.17) is 11.6 Å². The maximum absolute atomic E-state index is 5.74. The lowest BCUT2D eigenvalue weighted by Crippen LogP contribution is -2.06. The lowest BCUT2D eigenvalue weighted by atomic mass is 10.1. The molecule has 1 aromatic heterocycles. The minimum Gasteiger partial charge on any atom is -0.379 e. The minimum atomic E-state index is 0.661. The highest BCUT2D eigenvalue weighted by Crippen LogP contribution is 2.22. The van der Waals surface area contributed by atoms with Crippen molar-refractivity contribution in [1.29, 1.82) is 0 Å². The van der Waals surface area contributed by atoms with Gasteiger partial charge in [0.15, 0.2) is 0 Å². The number of aromatic nitrogens is 2. The molecule has 1 N–H and O–H groups in total. The highest BCUT2D eigenvalue weighted by molar-refractivity contribution is 9.10. The fraction of sp³-hybridized carbons (Fsp3) is 0.400. The van der Waals surface area contributed by atoms with Crippen molar-refractivity contribution in [2.45, 2.75) is 26.3 Å². The Hall–Kier alpha value is -1.000. The van der Waals surface area contributed by atoms with Crippen LogP contribution in [-0.2, 0) is 26.4 Å². The summed E-state index contributed by atoms with van der Waals surface area (Å²) >= 11 is 9.37. The van der Waals surface area contributed by atoms with Crippen LogP contribution < -0.4 is 5.32 Å². The van der Waals surface area contributed by atoms with Gasteiger partial charge in [-0.2, -0.15) is 5.10 Å². The first-order valence-corrected chi connectivity index (χ1v) is 8.07. The maximum Gasteiger partial charge on any atom is 0.0767 e. The van der Waals surface area contributed by atoms with Crippen LogP contribution in [0.3, 0.4) is 0 Å². The average Bonchev–Trinajstić information content (AvgIpc) is 2.73. The van der Waals surface area contributed by atoms with Gasteiger partial charge in [0, 0.05) is 18.6 Å². The van der Waals surface area contributed by atoms with Gasteiger partial charge in [-0.25, -0.2) is 0 Å². The third kappa shape index (κ3) is 3.55. The van der Waals surface area contributed by atoms with Crippen LogP contribution in [0.5, 0.6) is 0 Å². The van der Waals surface area contributed by atoms with Crippen molar-refractivity contribution in [3.63, 3.8) is 0 Å². The molecule has 0 amide bonds. The van der Waals surface area contributed by atoms with E-state index in [1.54, 1.807) is 0 Å². The van der Waals surface area contributed by atoms with E-state index in [0.29, 0.717) is 5.88 Å². The fourth-order valence-corrected chi connectivity index (χ4v) is 3.07. The number of benzene rings is 1. The zero-order valence-electron chi connectivity index (χ0n) is 11.8. The fourth-order valence-electron chi connectivity index (χ4n) is 2.10. The van der Waals surface area contributed by atoms with E-state index in [-0.39, 0.29) is 0 Å². The molecule has 0 aliphatic heterocycles. The quantitative estimate of drug-likeness (QED) is 0.788. The summed E-state index contributed by atoms with van der Waals surface area (Å²) in [5.41, 5.74) is 4.63. The van der Waals surface area contributed by atoms with Crippen LogP contribution in [-0.4, -0.2) is 15.7 Å². The molecule has 0 aliphatic carbocycles. The van der Waals surface area contributed by atoms with Gasteiger partial charge < -0.3 is 5.32 Å². The number of hydrogen-bond donors (Lipinski definition) is 1. The van der Waals surface area contributed by atoms with Gasteiger partial charge >= 0.3 is 0 Å². The predicted octanol–water partition coefficient (Wildman–Crippen LogP) is 4.14. The van der Waals surface area contributed by atoms with Gasteiger partial charge in [0.1, 0.15) is 0 Å². The summed E-state index contributed by atoms with van der Waals surface area (Å²) < 4.78 is 3.03. The average molecular weight is 357 g/mol. The highest BCUT2D eigenvalue weighted by atomic mass is 79.9. The lowest BCUT2D eigenvalue weighted by Gasteiger charge is -2.08. The van der Waals surface area contributed by atoms with Crippen LogP contribution in [0.15, 0.2) is 28.7 Å². The van der Waals surface area contributed by atoms with Gasteiger partial charge in [0.2, 0.25) is 0 Å². The van der Waals surface area contributed by atoms with Gasteiger partial charge in [0.25, 0.3) is 0 Å². The Bertz CT molecular complexity index is 563. The van der Waals surface area contributed by atoms with Crippen molar-refractivity contribution in [1.82, 2.24) is 9.78 Å². The molecule has 0 saturated carbocycles. The summed E-state index contributed by atoms with van der Waals surface area (Å²) in [5, 5.41) is 7.92. The number of hydrogen-bond acceptors (Lipinski definition) is 2. The topological polar surface area (TPSA) is 29.9 Å². The van der Waals surface area contributed by atoms with Gasteiger partial charge in [-0.1, -0.05) is 19.1 Å². The van der Waals surface area contributed by atoms with Gasteiger partial charge in [-0.3, -0.25) is 4.68 Å². The van der Waals surface area contributed by atoms with Crippen molar-refractivity contribution in [3.8, 4) is 0 Å². The SMILES string of the molecule is CCc1nn(C)c(CNc2ccc(CCCl)cc2)c1Br. The molecular weight excluding hydrogens is 338 g/mol. The van der Waals surface area contributed by atoms with Crippen molar-refractivity contribution in [2.75, 3.05) is 11.2 Å². The smallest absolute Gasteiger partial charge is 0.0767 e. The lowest BCUT2D eigenvalue weighted by molar-refractivity contribution is 0.706. The van der Waals surface area contributed by atoms with Gasteiger partial charge in [0.05, 0.1) is 22.4 Å². The van der Waals surface area contributed by atoms with Crippen LogP contribution in [0, 0.1) is 0 Å². The molecule has 0 bridgehead atoms. The molecule has 2 aromatic rings. The van der Waals surface area contributed by atoms with E-state index in [1.807, 2.05) is 11.7 Å². The summed E-state index contributed by atoms with van der Waals surface area (Å²) in [5.74, 6) is 0.661. The maximum atomic E-state index is 5.74. The first-order valence-electron chi connectivity index (χ1n) is 6.74. The van der Waals surface area contributed by atoms with E-state index < -0.39 is 0 Å². The molecular formula is C15H19BrClN3. The second-order valence-corrected chi connectivity index (χ2v) is 5.84. The van der Waals surface area contributed by atoms with Crippen LogP contribution in [0.25, 0.3) is 0 Å². The van der Waals surface area contributed by atoms with Crippen LogP contribution in [0.2, 0.25) is 0 Å². The first-order chi connectivity index (χ1) is 9.65. The zero-order chi connectivity index (χ0) is 14.5. The van der Waals surface area contributed by atoms with Gasteiger partial charge in [-0.15, -0.1) is 11.6 Å². The molecule has 0 spiro atoms. The summed E-state index contributed by atoms with van der Waals surface area (Å²) in [6.45, 7) is 2.86. The van der Waals surface area contributed by atoms with Crippen LogP contribution in [0.4, 0.5) is 5.69 Å². The van der Waals surface area contributed by atoms with Crippen LogP contribution >= 0.6 is 27.5 Å². The Labute approximate surface area is 133 Å². The number of nitrogens with zero attached hydrogens (tertiary/aromatic N) is 2. The molecule has 20 heavy (non-hydrogen) atoms. The second kappa shape index (κ2) is 7.14. The largest absolute Gasteiger partial charge is 0.379 e. The number of aryl methyl sites for hydroxylation is 3. The predicted molar refractivity (Wildman–Crippen MR) is 88.5 cm³/mol. The number of halogens is 2. The molecule has 0 fully saturated rings. The number of rotatable bonds is 6.